The van der Waals surface area contributed by atoms with Gasteiger partial charge in [0, 0.05) is 0 Å². The number of aromatic hydroxyl groups is 2. The summed E-state index contributed by atoms with van der Waals surface area (Å²) in [6.07, 6.45) is 1.47. The van der Waals surface area contributed by atoms with Gasteiger partial charge in [-0.05, 0) is 30.7 Å². The van der Waals surface area contributed by atoms with E-state index in [2.05, 4.69) is 15.4 Å². The molecule has 1 aromatic carbocycles. The van der Waals surface area contributed by atoms with Crippen LogP contribution in [0, 0.1) is 6.92 Å². The van der Waals surface area contributed by atoms with Gasteiger partial charge in [0.15, 0.2) is 11.5 Å². The molecule has 0 spiro atoms. The first kappa shape index (κ1) is 13.0. The van der Waals surface area contributed by atoms with Crippen LogP contribution < -0.4 is 5.32 Å². The van der Waals surface area contributed by atoms with Gasteiger partial charge >= 0.3 is 5.97 Å². The average Bonchev–Trinajstić information content (AvgIpc) is 2.80. The quantitative estimate of drug-likeness (QED) is 0.608. The van der Waals surface area contributed by atoms with Crippen molar-refractivity contribution < 1.29 is 20.1 Å². The van der Waals surface area contributed by atoms with Gasteiger partial charge in [-0.2, -0.15) is 10.1 Å². The summed E-state index contributed by atoms with van der Waals surface area (Å²) >= 11 is 0. The van der Waals surface area contributed by atoms with E-state index in [9.17, 15) is 15.0 Å². The van der Waals surface area contributed by atoms with E-state index in [4.69, 9.17) is 5.11 Å². The molecule has 8 nitrogen and oxygen atoms in total. The average molecular weight is 288 g/mol. The number of aromatic nitrogens is 3. The molecule has 1 aliphatic rings. The van der Waals surface area contributed by atoms with Crippen LogP contribution in [0.1, 0.15) is 17.4 Å². The Morgan fingerprint density at radius 1 is 1.33 bits per heavy atom. The Morgan fingerprint density at radius 2 is 2.10 bits per heavy atom. The van der Waals surface area contributed by atoms with Gasteiger partial charge in [0.1, 0.15) is 17.6 Å². The van der Waals surface area contributed by atoms with Gasteiger partial charge in [-0.15, -0.1) is 0 Å². The Balaban J connectivity index is 2.14. The number of benzene rings is 1. The number of anilines is 1. The summed E-state index contributed by atoms with van der Waals surface area (Å²) in [5.74, 6) is -0.842. The molecule has 1 aromatic heterocycles. The van der Waals surface area contributed by atoms with E-state index >= 15 is 0 Å². The first-order valence-corrected chi connectivity index (χ1v) is 6.13. The van der Waals surface area contributed by atoms with Gasteiger partial charge < -0.3 is 20.6 Å². The van der Waals surface area contributed by atoms with Crippen LogP contribution in [0.15, 0.2) is 30.0 Å². The Labute approximate surface area is 119 Å². The first-order valence-electron chi connectivity index (χ1n) is 6.13. The summed E-state index contributed by atoms with van der Waals surface area (Å²) in [6, 6.07) is 3.74. The molecule has 0 bridgehead atoms. The fraction of sp³-hybridized carbons (Fsp3) is 0.154. The molecule has 21 heavy (non-hydrogen) atoms. The number of carboxylic acid groups (broad SMARTS) is 1. The second-order valence-corrected chi connectivity index (χ2v) is 4.63. The molecule has 0 fully saturated rings. The lowest BCUT2D eigenvalue weighted by Gasteiger charge is -2.22. The fourth-order valence-electron chi connectivity index (χ4n) is 2.19. The molecule has 2 aromatic rings. The number of hydrogen-bond donors (Lipinski definition) is 4. The second kappa shape index (κ2) is 4.51. The maximum Gasteiger partial charge on any atom is 0.352 e. The third-order valence-electron chi connectivity index (χ3n) is 3.14. The number of phenols is 2. The summed E-state index contributed by atoms with van der Waals surface area (Å²) in [5.41, 5.74) is 0.559. The topological polar surface area (TPSA) is 121 Å². The zero-order valence-electron chi connectivity index (χ0n) is 11.0. The zero-order chi connectivity index (χ0) is 15.1. The maximum absolute atomic E-state index is 11.2. The number of nitrogens with one attached hydrogen (secondary N) is 1. The number of aliphatic carboxylic acids is 1. The summed E-state index contributed by atoms with van der Waals surface area (Å²) in [6.45, 7) is 1.69. The lowest BCUT2D eigenvalue weighted by molar-refractivity contribution is -0.132. The summed E-state index contributed by atoms with van der Waals surface area (Å²) in [4.78, 5) is 15.3. The molecule has 3 rings (SSSR count). The molecular formula is C13H12N4O4. The van der Waals surface area contributed by atoms with E-state index < -0.39 is 12.0 Å². The van der Waals surface area contributed by atoms with Crippen LogP contribution >= 0.6 is 0 Å². The predicted molar refractivity (Wildman–Crippen MR) is 72.0 cm³/mol. The predicted octanol–water partition coefficient (Wildman–Crippen LogP) is 0.981. The monoisotopic (exact) mass is 288 g/mol. The molecular weight excluding hydrogens is 276 g/mol. The molecule has 0 unspecified atom stereocenters. The molecule has 8 heteroatoms. The van der Waals surface area contributed by atoms with Crippen molar-refractivity contribution in [1.82, 2.24) is 14.8 Å². The number of fused-ring (bicyclic) bond motifs is 1. The van der Waals surface area contributed by atoms with Crippen molar-refractivity contribution in [3.8, 4) is 11.5 Å². The van der Waals surface area contributed by atoms with E-state index in [0.717, 1.165) is 0 Å². The van der Waals surface area contributed by atoms with Crippen LogP contribution in [-0.4, -0.2) is 36.1 Å². The highest BCUT2D eigenvalue weighted by atomic mass is 16.4. The molecule has 0 amide bonds. The minimum absolute atomic E-state index is 0.0209. The van der Waals surface area contributed by atoms with Crippen molar-refractivity contribution in [3.63, 3.8) is 0 Å². The highest BCUT2D eigenvalue weighted by Gasteiger charge is 2.26. The smallest absolute Gasteiger partial charge is 0.352 e. The van der Waals surface area contributed by atoms with Gasteiger partial charge in [-0.1, -0.05) is 6.07 Å². The third-order valence-corrected chi connectivity index (χ3v) is 3.14. The molecule has 1 atom stereocenters. The van der Waals surface area contributed by atoms with Gasteiger partial charge in [0.2, 0.25) is 5.95 Å². The van der Waals surface area contributed by atoms with Crippen LogP contribution in [0.2, 0.25) is 0 Å². The van der Waals surface area contributed by atoms with E-state index in [0.29, 0.717) is 17.3 Å². The highest BCUT2D eigenvalue weighted by molar-refractivity contribution is 5.90. The van der Waals surface area contributed by atoms with Gasteiger partial charge in [-0.3, -0.25) is 0 Å². The number of allylic oxidation sites excluding steroid dienone is 1. The van der Waals surface area contributed by atoms with Crippen molar-refractivity contribution >= 4 is 11.9 Å². The van der Waals surface area contributed by atoms with E-state index in [1.807, 2.05) is 0 Å². The van der Waals surface area contributed by atoms with Crippen LogP contribution in [0.4, 0.5) is 5.95 Å². The number of phenolic OH excluding ortho intramolecular Hbond substituents is 2. The third kappa shape index (κ3) is 2.16. The van der Waals surface area contributed by atoms with E-state index in [1.165, 1.54) is 22.9 Å². The van der Waals surface area contributed by atoms with E-state index in [1.54, 1.807) is 13.0 Å². The zero-order valence-corrected chi connectivity index (χ0v) is 11.0. The normalized spacial score (nSPS) is 16.8. The highest BCUT2D eigenvalue weighted by Crippen LogP contribution is 2.33. The Bertz CT molecular complexity index is 766. The van der Waals surface area contributed by atoms with Gasteiger partial charge in [0.25, 0.3) is 0 Å². The Morgan fingerprint density at radius 3 is 2.76 bits per heavy atom. The molecule has 4 N–H and O–H groups in total. The number of aryl methyl sites for hydroxylation is 1. The van der Waals surface area contributed by atoms with Crippen molar-refractivity contribution in [2.45, 2.75) is 13.0 Å². The molecule has 108 valence electrons. The summed E-state index contributed by atoms with van der Waals surface area (Å²) in [7, 11) is 0. The van der Waals surface area contributed by atoms with Crippen LogP contribution in [-0.2, 0) is 4.79 Å². The van der Waals surface area contributed by atoms with Gasteiger partial charge in [0.05, 0.1) is 0 Å². The number of rotatable bonds is 2. The Hall–Kier alpha value is -3.03. The molecule has 1 aliphatic heterocycles. The minimum Gasteiger partial charge on any atom is -0.504 e. The fourth-order valence-corrected chi connectivity index (χ4v) is 2.19. The van der Waals surface area contributed by atoms with Crippen molar-refractivity contribution in [1.29, 1.82) is 0 Å². The van der Waals surface area contributed by atoms with Crippen LogP contribution in [0.5, 0.6) is 11.5 Å². The molecule has 0 saturated heterocycles. The second-order valence-electron chi connectivity index (χ2n) is 4.63. The molecule has 0 radical (unpaired) electrons. The van der Waals surface area contributed by atoms with Crippen LogP contribution in [0.3, 0.4) is 0 Å². The lowest BCUT2D eigenvalue weighted by atomic mass is 10.0. The summed E-state index contributed by atoms with van der Waals surface area (Å²) < 4.78 is 1.52. The maximum atomic E-state index is 11.2. The molecule has 0 aliphatic carbocycles. The molecule has 2 heterocycles. The number of nitrogens with zero attached hydrogens (tertiary/aromatic N) is 3. The number of hydrogen-bond acceptors (Lipinski definition) is 6. The van der Waals surface area contributed by atoms with Gasteiger partial charge in [-0.25, -0.2) is 9.48 Å². The number of carboxylic acids is 1. The van der Waals surface area contributed by atoms with Crippen molar-refractivity contribution in [2.24, 2.45) is 0 Å². The summed E-state index contributed by atoms with van der Waals surface area (Å²) in [5, 5.41) is 35.0. The first-order chi connectivity index (χ1) is 9.95. The van der Waals surface area contributed by atoms with E-state index in [-0.39, 0.29) is 17.2 Å². The van der Waals surface area contributed by atoms with Crippen molar-refractivity contribution in [3.05, 3.63) is 41.4 Å². The minimum atomic E-state index is -1.12. The largest absolute Gasteiger partial charge is 0.504 e. The Kier molecular flexibility index (Phi) is 2.79. The van der Waals surface area contributed by atoms with Crippen LogP contribution in [0.25, 0.3) is 0 Å². The molecule has 0 saturated carbocycles. The lowest BCUT2D eigenvalue weighted by Crippen LogP contribution is -2.24. The SMILES string of the molecule is Cc1nc2n(n1)[C@@H](c1ccc(O)c(O)c1)C=C(C(=O)O)N2. The van der Waals surface area contributed by atoms with Crippen molar-refractivity contribution in [2.75, 3.05) is 5.32 Å². The standard InChI is InChI=1S/C13H12N4O4/c1-6-14-13-15-8(12(20)21)5-9(17(13)16-6)7-2-3-10(18)11(19)4-7/h2-5,9,18-19H,1H3,(H,20,21)(H,14,15,16)/t9-/m1/s1. The number of carbonyl (C=O) groups is 1.